The summed E-state index contributed by atoms with van der Waals surface area (Å²) < 4.78 is 0. The van der Waals surface area contributed by atoms with Crippen LogP contribution in [0.15, 0.2) is 12.2 Å². The summed E-state index contributed by atoms with van der Waals surface area (Å²) in [5, 5.41) is 3.30. The molecule has 0 aromatic rings. The van der Waals surface area contributed by atoms with Gasteiger partial charge in [0, 0.05) is 6.54 Å². The van der Waals surface area contributed by atoms with Crippen LogP contribution >= 0.6 is 0 Å². The van der Waals surface area contributed by atoms with Gasteiger partial charge in [0.05, 0.1) is 0 Å². The van der Waals surface area contributed by atoms with E-state index in [-0.39, 0.29) is 0 Å². The highest BCUT2D eigenvalue weighted by molar-refractivity contribution is 5.02. The van der Waals surface area contributed by atoms with Gasteiger partial charge in [-0.05, 0) is 18.9 Å². The summed E-state index contributed by atoms with van der Waals surface area (Å²) in [7, 11) is 0. The van der Waals surface area contributed by atoms with E-state index < -0.39 is 0 Å². The summed E-state index contributed by atoms with van der Waals surface area (Å²) in [6, 6.07) is 0. The van der Waals surface area contributed by atoms with E-state index in [4.69, 9.17) is 0 Å². The van der Waals surface area contributed by atoms with Gasteiger partial charge in [-0.2, -0.15) is 0 Å². The minimum Gasteiger partial charge on any atom is -0.316 e. The number of hydrogen-bond donors (Lipinski definition) is 1. The molecule has 0 aromatic carbocycles. The molecule has 1 atom stereocenters. The maximum absolute atomic E-state index is 3.96. The molecule has 1 heterocycles. The van der Waals surface area contributed by atoms with Crippen LogP contribution in [0.3, 0.4) is 0 Å². The van der Waals surface area contributed by atoms with Crippen molar-refractivity contribution in [2.75, 3.05) is 13.1 Å². The van der Waals surface area contributed by atoms with E-state index >= 15 is 0 Å². The van der Waals surface area contributed by atoms with Gasteiger partial charge in [0.1, 0.15) is 0 Å². The summed E-state index contributed by atoms with van der Waals surface area (Å²) >= 11 is 0. The average Bonchev–Trinajstić information content (AvgIpc) is 1.77. The normalized spacial score (nSPS) is 30.6. The molecule has 1 saturated heterocycles. The molecule has 1 aliphatic heterocycles. The molecule has 0 saturated carbocycles. The highest BCUT2D eigenvalue weighted by Crippen LogP contribution is 2.13. The molecule has 0 radical (unpaired) electrons. The van der Waals surface area contributed by atoms with Gasteiger partial charge in [0.25, 0.3) is 0 Å². The van der Waals surface area contributed by atoms with E-state index in [0.29, 0.717) is 5.92 Å². The second kappa shape index (κ2) is 2.31. The van der Waals surface area contributed by atoms with Crippen molar-refractivity contribution in [3.05, 3.63) is 12.2 Å². The van der Waals surface area contributed by atoms with Gasteiger partial charge in [-0.15, -0.1) is 0 Å². The van der Waals surface area contributed by atoms with Gasteiger partial charge in [0.2, 0.25) is 0 Å². The van der Waals surface area contributed by atoms with Crippen molar-refractivity contribution < 1.29 is 0 Å². The number of piperidine rings is 1. The smallest absolute Gasteiger partial charge is 0.00142 e. The van der Waals surface area contributed by atoms with Gasteiger partial charge < -0.3 is 5.32 Å². The van der Waals surface area contributed by atoms with Gasteiger partial charge >= 0.3 is 0 Å². The molecule has 1 rings (SSSR count). The number of hydrogen-bond acceptors (Lipinski definition) is 1. The largest absolute Gasteiger partial charge is 0.316 e. The molecule has 1 aliphatic rings. The minimum absolute atomic E-state index is 0.698. The van der Waals surface area contributed by atoms with Crippen LogP contribution < -0.4 is 5.32 Å². The van der Waals surface area contributed by atoms with Crippen LogP contribution in [-0.4, -0.2) is 13.1 Å². The van der Waals surface area contributed by atoms with Crippen molar-refractivity contribution in [2.24, 2.45) is 5.92 Å². The summed E-state index contributed by atoms with van der Waals surface area (Å²) in [6.45, 7) is 8.42. The van der Waals surface area contributed by atoms with Crippen LogP contribution in [0.2, 0.25) is 0 Å². The molecule has 0 aliphatic carbocycles. The van der Waals surface area contributed by atoms with E-state index in [1.54, 1.807) is 0 Å². The maximum atomic E-state index is 3.96. The molecule has 0 spiro atoms. The van der Waals surface area contributed by atoms with Crippen LogP contribution in [0.25, 0.3) is 0 Å². The van der Waals surface area contributed by atoms with E-state index in [9.17, 15) is 0 Å². The fourth-order valence-electron chi connectivity index (χ4n) is 0.958. The van der Waals surface area contributed by atoms with Crippen molar-refractivity contribution in [1.82, 2.24) is 5.32 Å². The zero-order valence-electron chi connectivity index (χ0n) is 5.41. The molecular formula is C7H13N. The third kappa shape index (κ3) is 1.10. The zero-order chi connectivity index (χ0) is 5.98. The van der Waals surface area contributed by atoms with E-state index in [2.05, 4.69) is 18.8 Å². The lowest BCUT2D eigenvalue weighted by Crippen LogP contribution is -2.29. The molecule has 8 heavy (non-hydrogen) atoms. The van der Waals surface area contributed by atoms with E-state index in [1.165, 1.54) is 12.0 Å². The van der Waals surface area contributed by atoms with Crippen molar-refractivity contribution in [1.29, 1.82) is 0 Å². The molecular weight excluding hydrogens is 98.1 g/mol. The third-order valence-corrected chi connectivity index (χ3v) is 1.77. The minimum atomic E-state index is 0.698. The van der Waals surface area contributed by atoms with Crippen LogP contribution in [0.5, 0.6) is 0 Å². The van der Waals surface area contributed by atoms with Gasteiger partial charge in [-0.1, -0.05) is 19.1 Å². The Morgan fingerprint density at radius 3 is 2.88 bits per heavy atom. The summed E-state index contributed by atoms with van der Waals surface area (Å²) in [4.78, 5) is 0. The van der Waals surface area contributed by atoms with Gasteiger partial charge in [-0.25, -0.2) is 0 Å². The first-order valence-corrected chi connectivity index (χ1v) is 3.19. The Morgan fingerprint density at radius 1 is 1.75 bits per heavy atom. The first-order chi connectivity index (χ1) is 3.80. The monoisotopic (exact) mass is 111 g/mol. The predicted octanol–water partition coefficient (Wildman–Crippen LogP) is 1.17. The molecule has 1 heteroatoms. The van der Waals surface area contributed by atoms with Crippen LogP contribution in [-0.2, 0) is 0 Å². The van der Waals surface area contributed by atoms with Crippen LogP contribution in [0.1, 0.15) is 13.3 Å². The summed E-state index contributed by atoms with van der Waals surface area (Å²) in [5.41, 5.74) is 1.41. The molecule has 0 bridgehead atoms. The van der Waals surface area contributed by atoms with Crippen LogP contribution in [0, 0.1) is 5.92 Å². The third-order valence-electron chi connectivity index (χ3n) is 1.77. The maximum Gasteiger partial charge on any atom is 0.00142 e. The quantitative estimate of drug-likeness (QED) is 0.463. The van der Waals surface area contributed by atoms with E-state index in [0.717, 1.165) is 13.1 Å². The Labute approximate surface area is 50.8 Å². The fourth-order valence-corrected chi connectivity index (χ4v) is 0.958. The van der Waals surface area contributed by atoms with Crippen molar-refractivity contribution >= 4 is 0 Å². The molecule has 0 aromatic heterocycles. The number of rotatable bonds is 0. The lowest BCUT2D eigenvalue weighted by molar-refractivity contribution is 0.503. The molecule has 1 unspecified atom stereocenters. The van der Waals surface area contributed by atoms with Crippen molar-refractivity contribution in [3.63, 3.8) is 0 Å². The Morgan fingerprint density at radius 2 is 2.50 bits per heavy atom. The van der Waals surface area contributed by atoms with Gasteiger partial charge in [0.15, 0.2) is 0 Å². The van der Waals surface area contributed by atoms with E-state index in [1.807, 2.05) is 0 Å². The Kier molecular flexibility index (Phi) is 1.69. The molecule has 0 amide bonds. The molecule has 1 nitrogen and oxygen atoms in total. The topological polar surface area (TPSA) is 12.0 Å². The molecule has 46 valence electrons. The average molecular weight is 111 g/mol. The lowest BCUT2D eigenvalue weighted by Gasteiger charge is -2.21. The second-order valence-electron chi connectivity index (χ2n) is 2.51. The fraction of sp³-hybridized carbons (Fsp3) is 0.714. The molecule has 1 N–H and O–H groups in total. The standard InChI is InChI=1S/C7H13N/c1-6-3-4-8-5-7(6)2/h7-8H,1,3-5H2,2H3. The first kappa shape index (κ1) is 5.83. The highest BCUT2D eigenvalue weighted by Gasteiger charge is 2.09. The lowest BCUT2D eigenvalue weighted by atomic mass is 9.97. The van der Waals surface area contributed by atoms with Crippen molar-refractivity contribution in [2.45, 2.75) is 13.3 Å². The second-order valence-corrected chi connectivity index (χ2v) is 2.51. The number of nitrogens with one attached hydrogen (secondary N) is 1. The Bertz CT molecular complexity index is 96.6. The summed E-state index contributed by atoms with van der Waals surface area (Å²) in [5.74, 6) is 0.698. The molecule has 1 fully saturated rings. The van der Waals surface area contributed by atoms with Crippen molar-refractivity contribution in [3.8, 4) is 0 Å². The highest BCUT2D eigenvalue weighted by atomic mass is 14.9. The summed E-state index contributed by atoms with van der Waals surface area (Å²) in [6.07, 6.45) is 1.17. The SMILES string of the molecule is C=C1CCNCC1C. The van der Waals surface area contributed by atoms with Gasteiger partial charge in [-0.3, -0.25) is 0 Å². The first-order valence-electron chi connectivity index (χ1n) is 3.19. The predicted molar refractivity (Wildman–Crippen MR) is 35.8 cm³/mol. The Balaban J connectivity index is 2.39. The van der Waals surface area contributed by atoms with Crippen LogP contribution in [0.4, 0.5) is 0 Å². The Hall–Kier alpha value is -0.300. The zero-order valence-corrected chi connectivity index (χ0v) is 5.41.